The van der Waals surface area contributed by atoms with Gasteiger partial charge in [0.1, 0.15) is 0 Å². The van der Waals surface area contributed by atoms with E-state index in [1.54, 1.807) is 4.90 Å². The van der Waals surface area contributed by atoms with Gasteiger partial charge in [-0.15, -0.1) is 24.0 Å². The summed E-state index contributed by atoms with van der Waals surface area (Å²) in [5, 5.41) is 3.55. The summed E-state index contributed by atoms with van der Waals surface area (Å²) in [6.45, 7) is 6.95. The molecule has 146 valence electrons. The minimum absolute atomic E-state index is 0. The molecule has 1 atom stereocenters. The molecule has 2 rings (SSSR count). The Bertz CT molecular complexity index is 437. The number of hydrogen-bond acceptors (Lipinski definition) is 4. The largest absolute Gasteiger partial charge is 0.355 e. The normalized spacial score (nSPS) is 22.6. The van der Waals surface area contributed by atoms with Crippen LogP contribution in [0.2, 0.25) is 0 Å². The molecule has 0 aromatic carbocycles. The van der Waals surface area contributed by atoms with Crippen molar-refractivity contribution in [2.24, 2.45) is 4.99 Å². The fourth-order valence-corrected chi connectivity index (χ4v) is 3.44. The molecule has 0 aliphatic carbocycles. The van der Waals surface area contributed by atoms with E-state index in [9.17, 15) is 4.79 Å². The molecule has 0 aromatic rings. The van der Waals surface area contributed by atoms with Crippen molar-refractivity contribution in [2.45, 2.75) is 25.3 Å². The smallest absolute Gasteiger partial charge is 0.223 e. The molecule has 0 saturated carbocycles. The minimum atomic E-state index is 0. The lowest BCUT2D eigenvalue weighted by atomic mass is 10.2. The molecule has 1 N–H and O–H groups in total. The second-order valence-electron chi connectivity index (χ2n) is 7.07. The molecule has 0 spiro atoms. The van der Waals surface area contributed by atoms with E-state index in [2.05, 4.69) is 32.1 Å². The summed E-state index contributed by atoms with van der Waals surface area (Å²) in [4.78, 5) is 25.0. The van der Waals surface area contributed by atoms with E-state index in [1.807, 2.05) is 21.1 Å². The van der Waals surface area contributed by atoms with Crippen molar-refractivity contribution in [1.29, 1.82) is 0 Å². The molecule has 7 nitrogen and oxygen atoms in total. The van der Waals surface area contributed by atoms with Gasteiger partial charge in [0.15, 0.2) is 5.96 Å². The number of carbonyl (C=O) groups is 1. The Kier molecular flexibility index (Phi) is 10.0. The molecule has 2 saturated heterocycles. The maximum Gasteiger partial charge on any atom is 0.223 e. The zero-order chi connectivity index (χ0) is 17.5. The molecular formula is C17H35IN6O. The maximum absolute atomic E-state index is 11.7. The van der Waals surface area contributed by atoms with Crippen LogP contribution in [0, 0.1) is 0 Å². The minimum Gasteiger partial charge on any atom is -0.355 e. The van der Waals surface area contributed by atoms with Gasteiger partial charge in [-0.05, 0) is 26.4 Å². The third kappa shape index (κ3) is 6.90. The monoisotopic (exact) mass is 466 g/mol. The number of carbonyl (C=O) groups excluding carboxylic acids is 1. The first-order chi connectivity index (χ1) is 11.5. The van der Waals surface area contributed by atoms with Crippen molar-refractivity contribution in [3.63, 3.8) is 0 Å². The predicted octanol–water partition coefficient (Wildman–Crippen LogP) is 0.370. The van der Waals surface area contributed by atoms with Crippen LogP contribution < -0.4 is 5.32 Å². The number of aliphatic imine (C=N–C) groups is 1. The van der Waals surface area contributed by atoms with Crippen molar-refractivity contribution in [3.8, 4) is 0 Å². The lowest BCUT2D eigenvalue weighted by Crippen LogP contribution is -2.54. The first kappa shape index (κ1) is 22.4. The fourth-order valence-electron chi connectivity index (χ4n) is 3.44. The Morgan fingerprint density at radius 3 is 2.40 bits per heavy atom. The predicted molar refractivity (Wildman–Crippen MR) is 114 cm³/mol. The van der Waals surface area contributed by atoms with Crippen LogP contribution >= 0.6 is 24.0 Å². The van der Waals surface area contributed by atoms with Gasteiger partial charge in [-0.2, -0.15) is 0 Å². The van der Waals surface area contributed by atoms with Crippen molar-refractivity contribution < 1.29 is 4.79 Å². The van der Waals surface area contributed by atoms with Crippen molar-refractivity contribution in [1.82, 2.24) is 24.9 Å². The molecule has 2 heterocycles. The highest BCUT2D eigenvalue weighted by molar-refractivity contribution is 14.0. The number of likely N-dealkylation sites (tertiary alicyclic amines) is 1. The highest BCUT2D eigenvalue weighted by Crippen LogP contribution is 2.13. The number of halogens is 1. The van der Waals surface area contributed by atoms with Crippen LogP contribution in [0.4, 0.5) is 0 Å². The summed E-state index contributed by atoms with van der Waals surface area (Å²) in [7, 11) is 7.70. The standard InChI is InChI=1S/C17H34N6O.HI/c1-18-17(19-14-15-6-5-8-21(15)4)23-12-10-22(11-13-23)9-7-16(24)20(2)3;/h15H,5-14H2,1-4H3,(H,18,19);1H. The van der Waals surface area contributed by atoms with Gasteiger partial charge in [0.05, 0.1) is 0 Å². The quantitative estimate of drug-likeness (QED) is 0.361. The van der Waals surface area contributed by atoms with Crippen molar-refractivity contribution in [2.75, 3.05) is 74.0 Å². The molecule has 2 fully saturated rings. The summed E-state index contributed by atoms with van der Waals surface area (Å²) in [5.74, 6) is 1.22. The first-order valence-corrected chi connectivity index (χ1v) is 9.09. The van der Waals surface area contributed by atoms with E-state index in [4.69, 9.17) is 0 Å². The van der Waals surface area contributed by atoms with E-state index >= 15 is 0 Å². The number of nitrogens with zero attached hydrogens (tertiary/aromatic N) is 5. The Hall–Kier alpha value is -0.610. The Balaban J connectivity index is 0.00000312. The molecule has 0 radical (unpaired) electrons. The number of piperazine rings is 1. The molecule has 2 aliphatic heterocycles. The average molecular weight is 466 g/mol. The zero-order valence-electron chi connectivity index (χ0n) is 16.2. The van der Waals surface area contributed by atoms with Crippen LogP contribution in [0.25, 0.3) is 0 Å². The zero-order valence-corrected chi connectivity index (χ0v) is 18.5. The Morgan fingerprint density at radius 2 is 1.88 bits per heavy atom. The van der Waals surface area contributed by atoms with Crippen LogP contribution in [0.1, 0.15) is 19.3 Å². The van der Waals surface area contributed by atoms with E-state index in [0.717, 1.165) is 45.2 Å². The van der Waals surface area contributed by atoms with Gasteiger partial charge < -0.3 is 20.0 Å². The van der Waals surface area contributed by atoms with Gasteiger partial charge in [-0.3, -0.25) is 14.7 Å². The van der Waals surface area contributed by atoms with Crippen molar-refractivity contribution in [3.05, 3.63) is 0 Å². The number of hydrogen-bond donors (Lipinski definition) is 1. The number of amides is 1. The number of rotatable bonds is 5. The third-order valence-electron chi connectivity index (χ3n) is 5.19. The number of guanidine groups is 1. The summed E-state index contributed by atoms with van der Waals surface area (Å²) >= 11 is 0. The fraction of sp³-hybridized carbons (Fsp3) is 0.882. The highest BCUT2D eigenvalue weighted by Gasteiger charge is 2.23. The van der Waals surface area contributed by atoms with Gasteiger partial charge >= 0.3 is 0 Å². The van der Waals surface area contributed by atoms with Crippen LogP contribution in [-0.4, -0.2) is 112 Å². The van der Waals surface area contributed by atoms with E-state index in [-0.39, 0.29) is 29.9 Å². The third-order valence-corrected chi connectivity index (χ3v) is 5.19. The first-order valence-electron chi connectivity index (χ1n) is 9.09. The molecule has 25 heavy (non-hydrogen) atoms. The summed E-state index contributed by atoms with van der Waals surface area (Å²) in [6, 6.07) is 0.625. The van der Waals surface area contributed by atoms with E-state index in [0.29, 0.717) is 12.5 Å². The molecular weight excluding hydrogens is 431 g/mol. The Morgan fingerprint density at radius 1 is 1.20 bits per heavy atom. The van der Waals surface area contributed by atoms with Crippen molar-refractivity contribution >= 4 is 35.8 Å². The molecule has 8 heteroatoms. The van der Waals surface area contributed by atoms with Gasteiger partial charge in [0.2, 0.25) is 5.91 Å². The Labute approximate surface area is 169 Å². The average Bonchev–Trinajstić information content (AvgIpc) is 2.99. The molecule has 1 amide bonds. The van der Waals surface area contributed by atoms with Crippen LogP contribution in [0.3, 0.4) is 0 Å². The number of likely N-dealkylation sites (N-methyl/N-ethyl adjacent to an activating group) is 1. The van der Waals surface area contributed by atoms with Crippen LogP contribution in [-0.2, 0) is 4.79 Å². The molecule has 2 aliphatic rings. The highest BCUT2D eigenvalue weighted by atomic mass is 127. The van der Waals surface area contributed by atoms with Crippen LogP contribution in [0.5, 0.6) is 0 Å². The van der Waals surface area contributed by atoms with Gasteiger partial charge in [-0.25, -0.2) is 0 Å². The number of nitrogens with one attached hydrogen (secondary N) is 1. The van der Waals surface area contributed by atoms with Gasteiger partial charge in [0, 0.05) is 72.9 Å². The van der Waals surface area contributed by atoms with E-state index < -0.39 is 0 Å². The van der Waals surface area contributed by atoms with Crippen LogP contribution in [0.15, 0.2) is 4.99 Å². The molecule has 0 aromatic heterocycles. The summed E-state index contributed by atoms with van der Waals surface area (Å²) in [5.41, 5.74) is 0. The SMILES string of the molecule is CN=C(NCC1CCCN1C)N1CCN(CCC(=O)N(C)C)CC1.I. The molecule has 0 bridgehead atoms. The summed E-state index contributed by atoms with van der Waals surface area (Å²) in [6.07, 6.45) is 3.17. The second-order valence-corrected chi connectivity index (χ2v) is 7.07. The molecule has 1 unspecified atom stereocenters. The topological polar surface area (TPSA) is 54.4 Å². The lowest BCUT2D eigenvalue weighted by molar-refractivity contribution is -0.129. The summed E-state index contributed by atoms with van der Waals surface area (Å²) < 4.78 is 0. The maximum atomic E-state index is 11.7. The lowest BCUT2D eigenvalue weighted by Gasteiger charge is -2.37. The van der Waals surface area contributed by atoms with Gasteiger partial charge in [-0.1, -0.05) is 0 Å². The second kappa shape index (κ2) is 11.2. The van der Waals surface area contributed by atoms with E-state index in [1.165, 1.54) is 19.4 Å². The van der Waals surface area contributed by atoms with Gasteiger partial charge in [0.25, 0.3) is 0 Å².